The molecule has 1 saturated carbocycles. The van der Waals surface area contributed by atoms with Gasteiger partial charge in [0.1, 0.15) is 0 Å². The Labute approximate surface area is 133 Å². The number of allylic oxidation sites excluding steroid dienone is 1. The van der Waals surface area contributed by atoms with E-state index >= 15 is 0 Å². The summed E-state index contributed by atoms with van der Waals surface area (Å²) in [6.07, 6.45) is 8.68. The van der Waals surface area contributed by atoms with Crippen LogP contribution in [0.3, 0.4) is 0 Å². The van der Waals surface area contributed by atoms with Gasteiger partial charge in [-0.25, -0.2) is 0 Å². The van der Waals surface area contributed by atoms with Crippen molar-refractivity contribution in [2.24, 2.45) is 5.92 Å². The third-order valence-corrected chi connectivity index (χ3v) is 5.03. The highest BCUT2D eigenvalue weighted by atomic mass is 16.5. The Morgan fingerprint density at radius 1 is 1.27 bits per heavy atom. The fraction of sp³-hybridized carbons (Fsp3) is 0.778. The van der Waals surface area contributed by atoms with Crippen molar-refractivity contribution >= 4 is 11.8 Å². The number of nitrogens with one attached hydrogen (secondary N) is 1. The van der Waals surface area contributed by atoms with Gasteiger partial charge in [0, 0.05) is 18.0 Å². The Balaban J connectivity index is 2.21. The molecule has 124 valence electrons. The molecule has 4 heteroatoms. The quantitative estimate of drug-likeness (QED) is 0.605. The second kappa shape index (κ2) is 7.40. The molecule has 3 atom stereocenters. The summed E-state index contributed by atoms with van der Waals surface area (Å²) in [6, 6.07) is 0.476. The second-order valence-electron chi connectivity index (χ2n) is 6.74. The first kappa shape index (κ1) is 17.2. The van der Waals surface area contributed by atoms with E-state index in [2.05, 4.69) is 5.32 Å². The van der Waals surface area contributed by atoms with Gasteiger partial charge < -0.3 is 10.1 Å². The van der Waals surface area contributed by atoms with E-state index in [-0.39, 0.29) is 11.8 Å². The van der Waals surface area contributed by atoms with Gasteiger partial charge in [0.25, 0.3) is 0 Å². The van der Waals surface area contributed by atoms with E-state index in [9.17, 15) is 9.59 Å². The average Bonchev–Trinajstić information content (AvgIpc) is 2.83. The molecule has 0 aromatic heterocycles. The predicted molar refractivity (Wildman–Crippen MR) is 86.5 cm³/mol. The first-order valence-corrected chi connectivity index (χ1v) is 8.65. The summed E-state index contributed by atoms with van der Waals surface area (Å²) in [5, 5.41) is 3.68. The van der Waals surface area contributed by atoms with E-state index in [0.717, 1.165) is 12.0 Å². The van der Waals surface area contributed by atoms with Gasteiger partial charge in [0.15, 0.2) is 5.78 Å². The third-order valence-electron chi connectivity index (χ3n) is 5.03. The molecule has 0 spiro atoms. The smallest absolute Gasteiger partial charge is 0.307 e. The number of fused-ring (bicyclic) bond motifs is 1. The van der Waals surface area contributed by atoms with Crippen molar-refractivity contribution in [2.75, 3.05) is 6.61 Å². The number of ether oxygens (including phenoxy) is 1. The molecule has 1 aliphatic heterocycles. The maximum Gasteiger partial charge on any atom is 0.307 e. The molecule has 2 rings (SSSR count). The average molecular weight is 307 g/mol. The maximum atomic E-state index is 12.1. The van der Waals surface area contributed by atoms with Crippen molar-refractivity contribution in [3.63, 3.8) is 0 Å². The van der Waals surface area contributed by atoms with E-state index in [4.69, 9.17) is 4.74 Å². The van der Waals surface area contributed by atoms with Gasteiger partial charge in [-0.3, -0.25) is 9.59 Å². The second-order valence-corrected chi connectivity index (χ2v) is 6.74. The monoisotopic (exact) mass is 307 g/mol. The van der Waals surface area contributed by atoms with Crippen LogP contribution < -0.4 is 5.32 Å². The van der Waals surface area contributed by atoms with Crippen LogP contribution in [-0.2, 0) is 14.3 Å². The molecule has 1 heterocycles. The van der Waals surface area contributed by atoms with Crippen LogP contribution in [-0.4, -0.2) is 29.9 Å². The Morgan fingerprint density at radius 3 is 2.64 bits per heavy atom. The lowest BCUT2D eigenvalue weighted by atomic mass is 9.81. The normalized spacial score (nSPS) is 31.7. The summed E-state index contributed by atoms with van der Waals surface area (Å²) in [5.41, 5.74) is 0.360. The van der Waals surface area contributed by atoms with E-state index in [1.54, 1.807) is 0 Å². The number of hydrogen-bond donors (Lipinski definition) is 1. The number of ketones is 1. The van der Waals surface area contributed by atoms with Crippen LogP contribution in [0.2, 0.25) is 0 Å². The molecule has 0 radical (unpaired) electrons. The highest BCUT2D eigenvalue weighted by molar-refractivity contribution is 5.94. The maximum absolute atomic E-state index is 12.1. The Hall–Kier alpha value is -1.16. The zero-order chi connectivity index (χ0) is 16.2. The van der Waals surface area contributed by atoms with Gasteiger partial charge in [-0.05, 0) is 44.6 Å². The van der Waals surface area contributed by atoms with Crippen LogP contribution in [0, 0.1) is 5.92 Å². The largest absolute Gasteiger partial charge is 0.466 e. The van der Waals surface area contributed by atoms with Gasteiger partial charge in [-0.1, -0.05) is 25.8 Å². The van der Waals surface area contributed by atoms with Crippen LogP contribution in [0.25, 0.3) is 0 Å². The minimum atomic E-state index is -0.402. The summed E-state index contributed by atoms with van der Waals surface area (Å²) in [7, 11) is 0. The van der Waals surface area contributed by atoms with Gasteiger partial charge in [0.05, 0.1) is 13.0 Å². The molecule has 0 aromatic carbocycles. The lowest BCUT2D eigenvalue weighted by molar-refractivity contribution is -0.144. The number of rotatable bonds is 6. The molecular formula is C18H29NO3. The lowest BCUT2D eigenvalue weighted by Gasteiger charge is -2.27. The SMILES string of the molecule is CCOC(=O)CC1(/C=C(/C)C(=O)CC)CC2CCCCC2N1. The van der Waals surface area contributed by atoms with Crippen LogP contribution in [0.4, 0.5) is 0 Å². The van der Waals surface area contributed by atoms with Crippen LogP contribution in [0.5, 0.6) is 0 Å². The number of Topliss-reactive ketones (excluding diaryl/α,β-unsaturated/α-hetero) is 1. The molecule has 1 saturated heterocycles. The van der Waals surface area contributed by atoms with E-state index in [0.29, 0.717) is 31.4 Å². The first-order chi connectivity index (χ1) is 10.5. The van der Waals surface area contributed by atoms with Crippen LogP contribution in [0.1, 0.15) is 65.7 Å². The number of hydrogen-bond acceptors (Lipinski definition) is 4. The minimum Gasteiger partial charge on any atom is -0.466 e. The van der Waals surface area contributed by atoms with Gasteiger partial charge in [0.2, 0.25) is 0 Å². The zero-order valence-corrected chi connectivity index (χ0v) is 14.1. The fourth-order valence-electron chi connectivity index (χ4n) is 4.06. The summed E-state index contributed by atoms with van der Waals surface area (Å²) in [5.74, 6) is 0.588. The molecule has 0 aromatic rings. The molecule has 0 bridgehead atoms. The number of carbonyl (C=O) groups is 2. The van der Waals surface area contributed by atoms with Crippen molar-refractivity contribution in [1.82, 2.24) is 5.32 Å². The Kier molecular flexibility index (Phi) is 5.79. The van der Waals surface area contributed by atoms with Crippen molar-refractivity contribution in [3.8, 4) is 0 Å². The van der Waals surface area contributed by atoms with Gasteiger partial charge in [-0.2, -0.15) is 0 Å². The molecule has 0 amide bonds. The molecule has 1 N–H and O–H groups in total. The minimum absolute atomic E-state index is 0.153. The fourth-order valence-corrected chi connectivity index (χ4v) is 4.06. The zero-order valence-electron chi connectivity index (χ0n) is 14.1. The molecule has 2 aliphatic rings. The van der Waals surface area contributed by atoms with Crippen LogP contribution in [0.15, 0.2) is 11.6 Å². The van der Waals surface area contributed by atoms with Crippen LogP contribution >= 0.6 is 0 Å². The summed E-state index contributed by atoms with van der Waals surface area (Å²) in [6.45, 7) is 5.97. The molecular weight excluding hydrogens is 278 g/mol. The summed E-state index contributed by atoms with van der Waals surface area (Å²) < 4.78 is 5.16. The number of esters is 1. The van der Waals surface area contributed by atoms with Crippen molar-refractivity contribution in [1.29, 1.82) is 0 Å². The lowest BCUT2D eigenvalue weighted by Crippen LogP contribution is -2.44. The van der Waals surface area contributed by atoms with E-state index < -0.39 is 5.54 Å². The molecule has 2 fully saturated rings. The molecule has 4 nitrogen and oxygen atoms in total. The van der Waals surface area contributed by atoms with Gasteiger partial charge in [-0.15, -0.1) is 0 Å². The van der Waals surface area contributed by atoms with Crippen molar-refractivity contribution < 1.29 is 14.3 Å². The molecule has 1 aliphatic carbocycles. The molecule has 3 unspecified atom stereocenters. The van der Waals surface area contributed by atoms with Gasteiger partial charge >= 0.3 is 5.97 Å². The standard InChI is InChI=1S/C18H29NO3/c1-4-16(20)13(3)10-18(12-17(21)22-5-2)11-14-8-6-7-9-15(14)19-18/h10,14-15,19H,4-9,11-12H2,1-3H3/b13-10-. The topological polar surface area (TPSA) is 55.4 Å². The highest BCUT2D eigenvalue weighted by Crippen LogP contribution is 2.41. The summed E-state index contributed by atoms with van der Waals surface area (Å²) >= 11 is 0. The molecule has 22 heavy (non-hydrogen) atoms. The summed E-state index contributed by atoms with van der Waals surface area (Å²) in [4.78, 5) is 24.0. The number of carbonyl (C=O) groups excluding carboxylic acids is 2. The van der Waals surface area contributed by atoms with Crippen molar-refractivity contribution in [3.05, 3.63) is 11.6 Å². The van der Waals surface area contributed by atoms with E-state index in [1.165, 1.54) is 25.7 Å². The predicted octanol–water partition coefficient (Wildman–Crippen LogP) is 3.16. The Bertz CT molecular complexity index is 441. The van der Waals surface area contributed by atoms with E-state index in [1.807, 2.05) is 26.8 Å². The van der Waals surface area contributed by atoms with Crippen molar-refractivity contribution in [2.45, 2.75) is 77.3 Å². The Morgan fingerprint density at radius 2 is 2.00 bits per heavy atom. The first-order valence-electron chi connectivity index (χ1n) is 8.65. The highest BCUT2D eigenvalue weighted by Gasteiger charge is 2.45. The third kappa shape index (κ3) is 3.97.